The fourth-order valence-electron chi connectivity index (χ4n) is 3.95. The largest absolute Gasteiger partial charge is 0.435 e. The van der Waals surface area contributed by atoms with Crippen LogP contribution in [0.15, 0.2) is 30.5 Å². The molecule has 0 unspecified atom stereocenters. The van der Waals surface area contributed by atoms with Crippen molar-refractivity contribution in [3.05, 3.63) is 42.0 Å². The summed E-state index contributed by atoms with van der Waals surface area (Å²) in [6.07, 6.45) is 1.35. The van der Waals surface area contributed by atoms with Crippen molar-refractivity contribution in [2.45, 2.75) is 39.0 Å². The molecule has 3 heterocycles. The summed E-state index contributed by atoms with van der Waals surface area (Å²) in [5.74, 6) is -1.77. The van der Waals surface area contributed by atoms with E-state index in [-0.39, 0.29) is 40.2 Å². The van der Waals surface area contributed by atoms with Crippen LogP contribution in [0, 0.1) is 5.82 Å². The van der Waals surface area contributed by atoms with E-state index in [0.717, 1.165) is 18.2 Å². The van der Waals surface area contributed by atoms with Crippen LogP contribution >= 0.6 is 0 Å². The van der Waals surface area contributed by atoms with Crippen LogP contribution in [-0.2, 0) is 9.84 Å². The van der Waals surface area contributed by atoms with Gasteiger partial charge in [-0.2, -0.15) is 13.9 Å². The third kappa shape index (κ3) is 4.52. The van der Waals surface area contributed by atoms with Gasteiger partial charge in [0.15, 0.2) is 9.84 Å². The number of pyridine rings is 1. The third-order valence-electron chi connectivity index (χ3n) is 5.22. The Bertz CT molecular complexity index is 1340. The molecule has 0 spiro atoms. The van der Waals surface area contributed by atoms with Gasteiger partial charge in [-0.25, -0.2) is 12.8 Å². The maximum atomic E-state index is 14.6. The zero-order valence-corrected chi connectivity index (χ0v) is 18.8. The van der Waals surface area contributed by atoms with Crippen LogP contribution in [-0.4, -0.2) is 52.7 Å². The predicted molar refractivity (Wildman–Crippen MR) is 114 cm³/mol. The second-order valence-corrected chi connectivity index (χ2v) is 10.6. The minimum atomic E-state index is -3.15. The molecule has 0 aliphatic carbocycles. The lowest BCUT2D eigenvalue weighted by atomic mass is 10.1. The first-order valence-corrected chi connectivity index (χ1v) is 11.9. The Morgan fingerprint density at radius 1 is 1.24 bits per heavy atom. The molecule has 1 aromatic carbocycles. The number of carbonyl (C=O) groups is 1. The maximum Gasteiger partial charge on any atom is 0.387 e. The second kappa shape index (κ2) is 8.01. The summed E-state index contributed by atoms with van der Waals surface area (Å²) in [6.45, 7) is 2.24. The number of alkyl halides is 2. The van der Waals surface area contributed by atoms with Crippen LogP contribution in [0.4, 0.5) is 13.2 Å². The highest BCUT2D eigenvalue weighted by atomic mass is 32.2. The highest BCUT2D eigenvalue weighted by Crippen LogP contribution is 2.34. The number of rotatable bonds is 6. The van der Waals surface area contributed by atoms with Crippen LogP contribution in [0.3, 0.4) is 0 Å². The van der Waals surface area contributed by atoms with E-state index in [9.17, 15) is 26.4 Å². The maximum absolute atomic E-state index is 14.6. The summed E-state index contributed by atoms with van der Waals surface area (Å²) < 4.78 is 68.8. The van der Waals surface area contributed by atoms with E-state index in [1.807, 2.05) is 13.8 Å². The number of ether oxygens (including phenoxy) is 1. The van der Waals surface area contributed by atoms with Crippen molar-refractivity contribution >= 4 is 26.6 Å². The number of benzene rings is 1. The molecule has 33 heavy (non-hydrogen) atoms. The van der Waals surface area contributed by atoms with E-state index in [1.165, 1.54) is 12.3 Å². The molecule has 0 atom stereocenters. The first-order chi connectivity index (χ1) is 15.4. The van der Waals surface area contributed by atoms with Crippen molar-refractivity contribution in [1.29, 1.82) is 0 Å². The van der Waals surface area contributed by atoms with E-state index >= 15 is 0 Å². The number of carbonyl (C=O) groups excluding carboxylic acids is 1. The van der Waals surface area contributed by atoms with Gasteiger partial charge < -0.3 is 10.1 Å². The molecular formula is C21H21F3N4O4S. The van der Waals surface area contributed by atoms with E-state index in [1.54, 1.807) is 11.6 Å². The number of amides is 1. The Morgan fingerprint density at radius 2 is 1.94 bits per heavy atom. The molecule has 1 N–H and O–H groups in total. The summed E-state index contributed by atoms with van der Waals surface area (Å²) in [7, 11) is -3.15. The number of nitrogens with one attached hydrogen (secondary N) is 1. The molecule has 4 rings (SSSR count). The van der Waals surface area contributed by atoms with Gasteiger partial charge in [0.25, 0.3) is 5.91 Å². The normalized spacial score (nSPS) is 16.7. The van der Waals surface area contributed by atoms with E-state index in [0.29, 0.717) is 10.9 Å². The molecule has 8 nitrogen and oxygen atoms in total. The quantitative estimate of drug-likeness (QED) is 0.578. The number of nitrogens with zero attached hydrogens (tertiary/aromatic N) is 3. The van der Waals surface area contributed by atoms with Crippen LogP contribution in [0.25, 0.3) is 22.2 Å². The predicted octanol–water partition coefficient (Wildman–Crippen LogP) is 3.34. The Hall–Kier alpha value is -3.15. The van der Waals surface area contributed by atoms with Crippen LogP contribution in [0.1, 0.15) is 37.3 Å². The molecule has 3 aromatic rings. The number of sulfone groups is 1. The van der Waals surface area contributed by atoms with Gasteiger partial charge in [0.2, 0.25) is 0 Å². The van der Waals surface area contributed by atoms with Gasteiger partial charge in [0.1, 0.15) is 23.0 Å². The van der Waals surface area contributed by atoms with Crippen LogP contribution < -0.4 is 10.1 Å². The zero-order valence-electron chi connectivity index (χ0n) is 18.0. The van der Waals surface area contributed by atoms with E-state index in [4.69, 9.17) is 0 Å². The standard InChI is InChI=1S/C21H21F3N4O4S/c1-11(2)28-17-7-16(19(29)26-21(3)9-33(30,31)10-21)25-8-14(17)18(27-28)13-6-12(32-20(23)24)4-5-15(13)22/h4-8,11,20H,9-10H2,1-3H3,(H,26,29). The van der Waals surface area contributed by atoms with Crippen LogP contribution in [0.5, 0.6) is 5.75 Å². The topological polar surface area (TPSA) is 103 Å². The highest BCUT2D eigenvalue weighted by Gasteiger charge is 2.46. The van der Waals surface area contributed by atoms with E-state index in [2.05, 4.69) is 20.1 Å². The molecule has 2 aromatic heterocycles. The Balaban J connectivity index is 1.75. The zero-order chi connectivity index (χ0) is 24.1. The number of hydrogen-bond acceptors (Lipinski definition) is 6. The minimum Gasteiger partial charge on any atom is -0.435 e. The van der Waals surface area contributed by atoms with Crippen LogP contribution in [0.2, 0.25) is 0 Å². The molecule has 0 radical (unpaired) electrons. The van der Waals surface area contributed by atoms with Gasteiger partial charge in [0.05, 0.1) is 22.6 Å². The highest BCUT2D eigenvalue weighted by molar-refractivity contribution is 7.93. The average molecular weight is 482 g/mol. The lowest BCUT2D eigenvalue weighted by Gasteiger charge is -2.38. The van der Waals surface area contributed by atoms with Gasteiger partial charge >= 0.3 is 6.61 Å². The molecule has 1 aliphatic heterocycles. The number of halogens is 3. The van der Waals surface area contributed by atoms with Gasteiger partial charge in [0, 0.05) is 23.2 Å². The fraction of sp³-hybridized carbons (Fsp3) is 0.381. The smallest absolute Gasteiger partial charge is 0.387 e. The Kier molecular flexibility index (Phi) is 5.59. The Morgan fingerprint density at radius 3 is 2.55 bits per heavy atom. The van der Waals surface area contributed by atoms with Gasteiger partial charge in [-0.15, -0.1) is 0 Å². The summed E-state index contributed by atoms with van der Waals surface area (Å²) in [4.78, 5) is 16.9. The van der Waals surface area contributed by atoms with Crippen molar-refractivity contribution in [2.75, 3.05) is 11.5 Å². The average Bonchev–Trinajstić information content (AvgIpc) is 3.06. The number of aromatic nitrogens is 3. The molecular weight excluding hydrogens is 461 g/mol. The summed E-state index contributed by atoms with van der Waals surface area (Å²) in [5, 5.41) is 7.55. The number of hydrogen-bond donors (Lipinski definition) is 1. The molecule has 1 fully saturated rings. The summed E-state index contributed by atoms with van der Waals surface area (Å²) >= 11 is 0. The summed E-state index contributed by atoms with van der Waals surface area (Å²) in [5.41, 5.74) is -0.247. The molecule has 1 aliphatic rings. The van der Waals surface area contributed by atoms with Gasteiger partial charge in [-0.1, -0.05) is 0 Å². The molecule has 12 heteroatoms. The lowest BCUT2D eigenvalue weighted by molar-refractivity contribution is -0.0498. The molecule has 0 saturated carbocycles. The molecule has 176 valence electrons. The molecule has 1 saturated heterocycles. The van der Waals surface area contributed by atoms with Crippen molar-refractivity contribution < 1.29 is 31.1 Å². The third-order valence-corrected chi connectivity index (χ3v) is 7.38. The molecule has 1 amide bonds. The first kappa shape index (κ1) is 23.0. The van der Waals surface area contributed by atoms with Crippen molar-refractivity contribution in [1.82, 2.24) is 20.1 Å². The van der Waals surface area contributed by atoms with Gasteiger partial charge in [-0.3, -0.25) is 14.5 Å². The monoisotopic (exact) mass is 482 g/mol. The van der Waals surface area contributed by atoms with Gasteiger partial charge in [-0.05, 0) is 45.0 Å². The SMILES string of the molecule is CC(C)n1nc(-c2cc(OC(F)F)ccc2F)c2cnc(C(=O)NC3(C)CS(=O)(=O)C3)cc21. The van der Waals surface area contributed by atoms with Crippen molar-refractivity contribution in [2.24, 2.45) is 0 Å². The molecule has 0 bridgehead atoms. The first-order valence-electron chi connectivity index (χ1n) is 10.0. The van der Waals surface area contributed by atoms with E-state index < -0.39 is 33.7 Å². The van der Waals surface area contributed by atoms with Crippen molar-refractivity contribution in [3.8, 4) is 17.0 Å². The second-order valence-electron chi connectivity index (χ2n) is 8.54. The fourth-order valence-corrected chi connectivity index (χ4v) is 5.95. The van der Waals surface area contributed by atoms with Crippen molar-refractivity contribution in [3.63, 3.8) is 0 Å². The Labute approximate surface area is 187 Å². The minimum absolute atomic E-state index is 0.0385. The number of fused-ring (bicyclic) bond motifs is 1. The lowest BCUT2D eigenvalue weighted by Crippen LogP contribution is -2.63. The summed E-state index contributed by atoms with van der Waals surface area (Å²) in [6, 6.07) is 4.53.